The molecule has 10 nitrogen and oxygen atoms in total. The van der Waals surface area contributed by atoms with Gasteiger partial charge < -0.3 is 29.6 Å². The number of amides is 1. The van der Waals surface area contributed by atoms with E-state index >= 15 is 0 Å². The van der Waals surface area contributed by atoms with Gasteiger partial charge in [-0.1, -0.05) is 11.6 Å². The third-order valence-electron chi connectivity index (χ3n) is 5.53. The predicted molar refractivity (Wildman–Crippen MR) is 131 cm³/mol. The molecule has 0 saturated carbocycles. The summed E-state index contributed by atoms with van der Waals surface area (Å²) in [6.07, 6.45) is 1.57. The minimum Gasteiger partial charge on any atom is -0.478 e. The van der Waals surface area contributed by atoms with Crippen molar-refractivity contribution in [3.8, 4) is 5.75 Å². The van der Waals surface area contributed by atoms with E-state index in [4.69, 9.17) is 21.1 Å². The number of fused-ring (bicyclic) bond motifs is 1. The number of aromatic nitrogens is 3. The zero-order valence-electron chi connectivity index (χ0n) is 19.5. The topological polar surface area (TPSA) is 111 Å². The summed E-state index contributed by atoms with van der Waals surface area (Å²) in [6.45, 7) is 5.76. The van der Waals surface area contributed by atoms with Gasteiger partial charge in [0, 0.05) is 38.3 Å². The molecule has 34 heavy (non-hydrogen) atoms. The Morgan fingerprint density at radius 3 is 2.85 bits per heavy atom. The first-order valence-corrected chi connectivity index (χ1v) is 11.2. The zero-order chi connectivity index (χ0) is 24.5. The summed E-state index contributed by atoms with van der Waals surface area (Å²) in [5, 5.41) is 6.84. The van der Waals surface area contributed by atoms with Crippen molar-refractivity contribution in [3.63, 3.8) is 0 Å². The van der Waals surface area contributed by atoms with E-state index in [0.29, 0.717) is 42.0 Å². The Bertz CT molecular complexity index is 1290. The normalized spacial score (nSPS) is 15.3. The second-order valence-corrected chi connectivity index (χ2v) is 9.04. The lowest BCUT2D eigenvalue weighted by Crippen LogP contribution is -2.49. The molecule has 3 heterocycles. The molecule has 2 N–H and O–H groups in total. The number of morpholine rings is 1. The molecule has 0 aliphatic carbocycles. The number of nitrogens with zero attached hydrogens (tertiary/aromatic N) is 4. The fourth-order valence-corrected chi connectivity index (χ4v) is 3.91. The van der Waals surface area contributed by atoms with Crippen LogP contribution in [0.2, 0.25) is 5.02 Å². The fourth-order valence-electron chi connectivity index (χ4n) is 3.77. The van der Waals surface area contributed by atoms with Crippen molar-refractivity contribution in [2.75, 3.05) is 43.6 Å². The number of benzene rings is 1. The first-order valence-electron chi connectivity index (χ1n) is 10.8. The SMILES string of the molecule is CNC(=O)COc1cc2cc(Nc3nc(N4CCOC(C)(C)C4)ncc3Cl)ccc2n(C)c1=O. The number of rotatable bonds is 6. The van der Waals surface area contributed by atoms with E-state index in [0.717, 1.165) is 11.1 Å². The molecule has 1 amide bonds. The molecule has 1 aromatic carbocycles. The van der Waals surface area contributed by atoms with Crippen LogP contribution in [0, 0.1) is 0 Å². The first kappa shape index (κ1) is 23.8. The van der Waals surface area contributed by atoms with Gasteiger partial charge in [-0.3, -0.25) is 9.59 Å². The Morgan fingerprint density at radius 2 is 2.12 bits per heavy atom. The van der Waals surface area contributed by atoms with Gasteiger partial charge >= 0.3 is 0 Å². The Kier molecular flexibility index (Phi) is 6.63. The van der Waals surface area contributed by atoms with Crippen LogP contribution in [0.1, 0.15) is 13.8 Å². The smallest absolute Gasteiger partial charge is 0.293 e. The Hall–Kier alpha value is -3.37. The fraction of sp³-hybridized carbons (Fsp3) is 0.391. The van der Waals surface area contributed by atoms with Gasteiger partial charge in [-0.25, -0.2) is 4.98 Å². The molecule has 0 unspecified atom stereocenters. The Morgan fingerprint density at radius 1 is 1.32 bits per heavy atom. The molecule has 3 aromatic rings. The van der Waals surface area contributed by atoms with Gasteiger partial charge in [0.2, 0.25) is 5.95 Å². The highest BCUT2D eigenvalue weighted by molar-refractivity contribution is 6.32. The van der Waals surface area contributed by atoms with Gasteiger partial charge in [-0.2, -0.15) is 4.98 Å². The lowest BCUT2D eigenvalue weighted by atomic mass is 10.1. The number of anilines is 3. The molecular formula is C23H27ClN6O4. The van der Waals surface area contributed by atoms with Gasteiger partial charge in [-0.05, 0) is 38.1 Å². The Balaban J connectivity index is 1.62. The van der Waals surface area contributed by atoms with Crippen LogP contribution in [0.4, 0.5) is 17.5 Å². The van der Waals surface area contributed by atoms with Crippen molar-refractivity contribution in [1.82, 2.24) is 19.9 Å². The number of carbonyl (C=O) groups is 1. The molecule has 180 valence electrons. The van der Waals surface area contributed by atoms with Gasteiger partial charge in [0.05, 0.1) is 23.9 Å². The van der Waals surface area contributed by atoms with Crippen LogP contribution in [0.3, 0.4) is 0 Å². The van der Waals surface area contributed by atoms with Crippen molar-refractivity contribution in [3.05, 3.63) is 45.8 Å². The number of likely N-dealkylation sites (N-methyl/N-ethyl adjacent to an activating group) is 1. The zero-order valence-corrected chi connectivity index (χ0v) is 20.3. The Labute approximate surface area is 201 Å². The summed E-state index contributed by atoms with van der Waals surface area (Å²) < 4.78 is 12.7. The number of carbonyl (C=O) groups excluding carboxylic acids is 1. The molecule has 1 saturated heterocycles. The summed E-state index contributed by atoms with van der Waals surface area (Å²) in [5.74, 6) is 0.802. The van der Waals surface area contributed by atoms with Gasteiger partial charge in [0.1, 0.15) is 5.02 Å². The monoisotopic (exact) mass is 486 g/mol. The van der Waals surface area contributed by atoms with E-state index in [1.165, 1.54) is 11.6 Å². The quantitative estimate of drug-likeness (QED) is 0.546. The summed E-state index contributed by atoms with van der Waals surface area (Å²) >= 11 is 6.38. The van der Waals surface area contributed by atoms with E-state index < -0.39 is 0 Å². The number of ether oxygens (including phenoxy) is 2. The van der Waals surface area contributed by atoms with Crippen molar-refractivity contribution >= 4 is 45.9 Å². The average Bonchev–Trinajstić information content (AvgIpc) is 2.81. The molecule has 11 heteroatoms. The summed E-state index contributed by atoms with van der Waals surface area (Å²) in [6, 6.07) is 7.14. The number of hydrogen-bond donors (Lipinski definition) is 2. The van der Waals surface area contributed by atoms with Crippen LogP contribution in [0.15, 0.2) is 35.3 Å². The maximum atomic E-state index is 12.6. The molecule has 1 aliphatic heterocycles. The predicted octanol–water partition coefficient (Wildman–Crippen LogP) is 2.47. The molecular weight excluding hydrogens is 460 g/mol. The third kappa shape index (κ3) is 5.07. The van der Waals surface area contributed by atoms with Crippen LogP contribution < -0.4 is 25.8 Å². The number of aryl methyl sites for hydroxylation is 1. The largest absolute Gasteiger partial charge is 0.478 e. The minimum absolute atomic E-state index is 0.0908. The lowest BCUT2D eigenvalue weighted by Gasteiger charge is -2.38. The summed E-state index contributed by atoms with van der Waals surface area (Å²) in [7, 11) is 3.16. The van der Waals surface area contributed by atoms with Crippen LogP contribution in [0.25, 0.3) is 10.9 Å². The second-order valence-electron chi connectivity index (χ2n) is 8.63. The first-order chi connectivity index (χ1) is 16.2. The summed E-state index contributed by atoms with van der Waals surface area (Å²) in [4.78, 5) is 35.2. The van der Waals surface area contributed by atoms with Gasteiger partial charge in [-0.15, -0.1) is 0 Å². The van der Waals surface area contributed by atoms with E-state index in [9.17, 15) is 9.59 Å². The van der Waals surface area contributed by atoms with E-state index in [-0.39, 0.29) is 29.4 Å². The van der Waals surface area contributed by atoms with Crippen molar-refractivity contribution in [1.29, 1.82) is 0 Å². The molecule has 0 spiro atoms. The molecule has 1 fully saturated rings. The highest BCUT2D eigenvalue weighted by Crippen LogP contribution is 2.29. The molecule has 0 radical (unpaired) electrons. The molecule has 0 atom stereocenters. The van der Waals surface area contributed by atoms with Crippen LogP contribution in [-0.2, 0) is 16.6 Å². The minimum atomic E-state index is -0.325. The van der Waals surface area contributed by atoms with Crippen molar-refractivity contribution < 1.29 is 14.3 Å². The van der Waals surface area contributed by atoms with Crippen molar-refractivity contribution in [2.24, 2.45) is 7.05 Å². The standard InChI is InChI=1S/C23H27ClN6O4/c1-23(2)13-30(7-8-34-23)22-26-11-16(24)20(28-22)27-15-5-6-17-14(9-15)10-18(21(32)29(17)4)33-12-19(31)25-3/h5-6,9-11H,7-8,12-13H2,1-4H3,(H,25,31)(H,26,27,28). The van der Waals surface area contributed by atoms with E-state index in [1.54, 1.807) is 19.3 Å². The van der Waals surface area contributed by atoms with Gasteiger partial charge in [0.15, 0.2) is 18.2 Å². The highest BCUT2D eigenvalue weighted by atomic mass is 35.5. The number of pyridine rings is 1. The van der Waals surface area contributed by atoms with Crippen molar-refractivity contribution in [2.45, 2.75) is 19.4 Å². The van der Waals surface area contributed by atoms with Gasteiger partial charge in [0.25, 0.3) is 11.5 Å². The maximum absolute atomic E-state index is 12.6. The lowest BCUT2D eigenvalue weighted by molar-refractivity contribution is -0.122. The molecule has 0 bridgehead atoms. The molecule has 1 aliphatic rings. The van der Waals surface area contributed by atoms with Crippen LogP contribution in [-0.4, -0.2) is 59.4 Å². The van der Waals surface area contributed by atoms with E-state index in [2.05, 4.69) is 25.5 Å². The van der Waals surface area contributed by atoms with Crippen LogP contribution in [0.5, 0.6) is 5.75 Å². The number of nitrogens with one attached hydrogen (secondary N) is 2. The number of halogens is 1. The van der Waals surface area contributed by atoms with E-state index in [1.807, 2.05) is 32.0 Å². The average molecular weight is 487 g/mol. The van der Waals surface area contributed by atoms with Crippen LogP contribution >= 0.6 is 11.6 Å². The number of hydrogen-bond acceptors (Lipinski definition) is 8. The molecule has 4 rings (SSSR count). The highest BCUT2D eigenvalue weighted by Gasteiger charge is 2.29. The maximum Gasteiger partial charge on any atom is 0.293 e. The third-order valence-corrected chi connectivity index (χ3v) is 5.81. The summed E-state index contributed by atoms with van der Waals surface area (Å²) in [5.41, 5.74) is 0.819. The molecule has 2 aromatic heterocycles. The second kappa shape index (κ2) is 9.47.